The second-order valence-electron chi connectivity index (χ2n) is 5.79. The zero-order valence-corrected chi connectivity index (χ0v) is 12.3. The fourth-order valence-electron chi connectivity index (χ4n) is 2.54. The molecule has 4 heteroatoms. The van der Waals surface area contributed by atoms with Crippen LogP contribution < -0.4 is 5.32 Å². The van der Waals surface area contributed by atoms with E-state index in [1.165, 1.54) is 19.3 Å². The molecule has 2 aromatic rings. The highest BCUT2D eigenvalue weighted by atomic mass is 16.2. The van der Waals surface area contributed by atoms with Crippen LogP contribution in [0.2, 0.25) is 0 Å². The SMILES string of the molecule is C[C@@H](C(=O)NCC1CCC1)n1cc(-c2ccccc2)cn1. The summed E-state index contributed by atoms with van der Waals surface area (Å²) in [5.74, 6) is 0.725. The maximum absolute atomic E-state index is 12.2. The largest absolute Gasteiger partial charge is 0.354 e. The first-order valence-electron chi connectivity index (χ1n) is 7.61. The van der Waals surface area contributed by atoms with Crippen molar-refractivity contribution in [2.75, 3.05) is 6.54 Å². The van der Waals surface area contributed by atoms with Crippen molar-refractivity contribution in [1.82, 2.24) is 15.1 Å². The van der Waals surface area contributed by atoms with Crippen LogP contribution in [0.5, 0.6) is 0 Å². The molecule has 0 aliphatic heterocycles. The second kappa shape index (κ2) is 6.12. The molecule has 0 spiro atoms. The van der Waals surface area contributed by atoms with Crippen LogP contribution in [0.3, 0.4) is 0 Å². The Hall–Kier alpha value is -2.10. The van der Waals surface area contributed by atoms with Crippen LogP contribution >= 0.6 is 0 Å². The van der Waals surface area contributed by atoms with Crippen molar-refractivity contribution in [2.45, 2.75) is 32.2 Å². The van der Waals surface area contributed by atoms with E-state index < -0.39 is 0 Å². The number of amides is 1. The number of nitrogens with zero attached hydrogens (tertiary/aromatic N) is 2. The Bertz CT molecular complexity index is 602. The fraction of sp³-hybridized carbons (Fsp3) is 0.412. The maximum atomic E-state index is 12.2. The molecule has 1 heterocycles. The summed E-state index contributed by atoms with van der Waals surface area (Å²) in [6.07, 6.45) is 7.53. The number of benzene rings is 1. The quantitative estimate of drug-likeness (QED) is 0.917. The number of hydrogen-bond acceptors (Lipinski definition) is 2. The van der Waals surface area contributed by atoms with Crippen molar-refractivity contribution in [3.05, 3.63) is 42.7 Å². The molecule has 21 heavy (non-hydrogen) atoms. The van der Waals surface area contributed by atoms with Crippen LogP contribution in [0.25, 0.3) is 11.1 Å². The molecule has 1 aliphatic rings. The minimum absolute atomic E-state index is 0.0459. The van der Waals surface area contributed by atoms with Crippen LogP contribution in [0.1, 0.15) is 32.2 Å². The van der Waals surface area contributed by atoms with Crippen molar-refractivity contribution < 1.29 is 4.79 Å². The standard InChI is InChI=1S/C17H21N3O/c1-13(17(21)18-10-14-6-5-7-14)20-12-16(11-19-20)15-8-3-2-4-9-15/h2-4,8-9,11-14H,5-7,10H2,1H3,(H,18,21)/t13-/m0/s1. The smallest absolute Gasteiger partial charge is 0.244 e. The van der Waals surface area contributed by atoms with E-state index in [1.54, 1.807) is 4.68 Å². The monoisotopic (exact) mass is 283 g/mol. The van der Waals surface area contributed by atoms with Gasteiger partial charge < -0.3 is 5.32 Å². The van der Waals surface area contributed by atoms with E-state index in [0.717, 1.165) is 17.7 Å². The number of carbonyl (C=O) groups is 1. The molecule has 1 aromatic heterocycles. The summed E-state index contributed by atoms with van der Waals surface area (Å²) in [7, 11) is 0. The molecular formula is C17H21N3O. The molecule has 3 rings (SSSR count). The van der Waals surface area contributed by atoms with Crippen LogP contribution in [-0.4, -0.2) is 22.2 Å². The van der Waals surface area contributed by atoms with Gasteiger partial charge in [-0.05, 0) is 31.2 Å². The average molecular weight is 283 g/mol. The minimum Gasteiger partial charge on any atom is -0.354 e. The van der Waals surface area contributed by atoms with E-state index in [-0.39, 0.29) is 11.9 Å². The highest BCUT2D eigenvalue weighted by Crippen LogP contribution is 2.25. The van der Waals surface area contributed by atoms with Crippen LogP contribution in [0.4, 0.5) is 0 Å². The topological polar surface area (TPSA) is 46.9 Å². The van der Waals surface area contributed by atoms with Crippen molar-refractivity contribution in [3.63, 3.8) is 0 Å². The molecule has 110 valence electrons. The molecule has 1 saturated carbocycles. The Balaban J connectivity index is 1.63. The zero-order chi connectivity index (χ0) is 14.7. The van der Waals surface area contributed by atoms with Crippen molar-refractivity contribution >= 4 is 5.91 Å². The van der Waals surface area contributed by atoms with Gasteiger partial charge >= 0.3 is 0 Å². The highest BCUT2D eigenvalue weighted by molar-refractivity contribution is 5.80. The molecule has 1 amide bonds. The van der Waals surface area contributed by atoms with Gasteiger partial charge in [0.05, 0.1) is 6.20 Å². The highest BCUT2D eigenvalue weighted by Gasteiger charge is 2.21. The lowest BCUT2D eigenvalue weighted by molar-refractivity contribution is -0.124. The molecule has 1 atom stereocenters. The summed E-state index contributed by atoms with van der Waals surface area (Å²) in [6, 6.07) is 9.81. The summed E-state index contributed by atoms with van der Waals surface area (Å²) in [5.41, 5.74) is 2.15. The Morgan fingerprint density at radius 2 is 2.10 bits per heavy atom. The lowest BCUT2D eigenvalue weighted by Gasteiger charge is -2.26. The van der Waals surface area contributed by atoms with Crippen LogP contribution in [0.15, 0.2) is 42.7 Å². The van der Waals surface area contributed by atoms with Gasteiger partial charge in [0, 0.05) is 18.3 Å². The van der Waals surface area contributed by atoms with Gasteiger partial charge in [0.1, 0.15) is 6.04 Å². The predicted octanol–water partition coefficient (Wildman–Crippen LogP) is 3.03. The van der Waals surface area contributed by atoms with Gasteiger partial charge in [-0.1, -0.05) is 36.8 Å². The molecule has 0 bridgehead atoms. The average Bonchev–Trinajstić information content (AvgIpc) is 2.95. The number of carbonyl (C=O) groups excluding carboxylic acids is 1. The number of nitrogens with one attached hydrogen (secondary N) is 1. The first-order valence-corrected chi connectivity index (χ1v) is 7.61. The zero-order valence-electron chi connectivity index (χ0n) is 12.3. The van der Waals surface area contributed by atoms with Crippen molar-refractivity contribution in [3.8, 4) is 11.1 Å². The van der Waals surface area contributed by atoms with Gasteiger partial charge in [-0.15, -0.1) is 0 Å². The second-order valence-corrected chi connectivity index (χ2v) is 5.79. The van der Waals surface area contributed by atoms with Crippen LogP contribution in [0, 0.1) is 5.92 Å². The predicted molar refractivity (Wildman–Crippen MR) is 82.7 cm³/mol. The molecule has 0 saturated heterocycles. The Kier molecular flexibility index (Phi) is 4.04. The Morgan fingerprint density at radius 3 is 2.76 bits per heavy atom. The van der Waals surface area contributed by atoms with E-state index in [4.69, 9.17) is 0 Å². The summed E-state index contributed by atoms with van der Waals surface area (Å²) < 4.78 is 1.73. The first-order chi connectivity index (χ1) is 10.2. The maximum Gasteiger partial charge on any atom is 0.244 e. The van der Waals surface area contributed by atoms with Gasteiger partial charge in [-0.25, -0.2) is 0 Å². The van der Waals surface area contributed by atoms with E-state index in [2.05, 4.69) is 10.4 Å². The normalized spacial score (nSPS) is 16.2. The van der Waals surface area contributed by atoms with Crippen LogP contribution in [-0.2, 0) is 4.79 Å². The lowest BCUT2D eigenvalue weighted by Crippen LogP contribution is -2.36. The van der Waals surface area contributed by atoms with Gasteiger partial charge in [-0.3, -0.25) is 9.48 Å². The van der Waals surface area contributed by atoms with Gasteiger partial charge in [0.15, 0.2) is 0 Å². The first kappa shape index (κ1) is 13.9. The van der Waals surface area contributed by atoms with Crippen molar-refractivity contribution in [1.29, 1.82) is 0 Å². The Labute approximate surface area is 125 Å². The molecule has 1 aliphatic carbocycles. The molecule has 1 aromatic carbocycles. The third-order valence-corrected chi connectivity index (χ3v) is 4.27. The summed E-state index contributed by atoms with van der Waals surface area (Å²) in [6.45, 7) is 2.69. The molecule has 1 N–H and O–H groups in total. The summed E-state index contributed by atoms with van der Waals surface area (Å²) in [4.78, 5) is 12.2. The molecule has 0 radical (unpaired) electrons. The van der Waals surface area contributed by atoms with E-state index >= 15 is 0 Å². The third kappa shape index (κ3) is 3.15. The molecule has 4 nitrogen and oxygen atoms in total. The van der Waals surface area contributed by atoms with Gasteiger partial charge in [0.2, 0.25) is 5.91 Å². The summed E-state index contributed by atoms with van der Waals surface area (Å²) >= 11 is 0. The number of rotatable bonds is 5. The number of aromatic nitrogens is 2. The number of hydrogen-bond donors (Lipinski definition) is 1. The molecule has 0 unspecified atom stereocenters. The van der Waals surface area contributed by atoms with Gasteiger partial charge in [0.25, 0.3) is 0 Å². The lowest BCUT2D eigenvalue weighted by atomic mass is 9.85. The minimum atomic E-state index is -0.275. The van der Waals surface area contributed by atoms with E-state index in [0.29, 0.717) is 5.92 Å². The molecular weight excluding hydrogens is 262 g/mol. The van der Waals surface area contributed by atoms with E-state index in [1.807, 2.05) is 49.6 Å². The summed E-state index contributed by atoms with van der Waals surface area (Å²) in [5, 5.41) is 7.36. The van der Waals surface area contributed by atoms with Crippen molar-refractivity contribution in [2.24, 2.45) is 5.92 Å². The Morgan fingerprint density at radius 1 is 1.33 bits per heavy atom. The van der Waals surface area contributed by atoms with Gasteiger partial charge in [-0.2, -0.15) is 5.10 Å². The third-order valence-electron chi connectivity index (χ3n) is 4.27. The fourth-order valence-corrected chi connectivity index (χ4v) is 2.54. The van der Waals surface area contributed by atoms with E-state index in [9.17, 15) is 4.79 Å². The molecule has 1 fully saturated rings.